The van der Waals surface area contributed by atoms with Crippen molar-refractivity contribution in [3.63, 3.8) is 0 Å². The van der Waals surface area contributed by atoms with E-state index in [-0.39, 0.29) is 24.8 Å². The molecular weight excluding hydrogens is 458 g/mol. The first-order chi connectivity index (χ1) is 16.5. The van der Waals surface area contributed by atoms with E-state index in [2.05, 4.69) is 5.16 Å². The van der Waals surface area contributed by atoms with Gasteiger partial charge in [0.15, 0.2) is 5.76 Å². The lowest BCUT2D eigenvalue weighted by Gasteiger charge is -2.28. The Labute approximate surface area is 201 Å². The Balaban J connectivity index is 1.31. The van der Waals surface area contributed by atoms with Gasteiger partial charge in [0.2, 0.25) is 11.8 Å². The van der Waals surface area contributed by atoms with Crippen LogP contribution < -0.4 is 4.90 Å². The SMILES string of the molecule is COC(=O)c1ccccc1N1CC(C(=O)N2CCc3c(noc3-c3ccc(Cl)cc3)C2)CC1=O. The van der Waals surface area contributed by atoms with Crippen molar-refractivity contribution in [1.82, 2.24) is 10.1 Å². The van der Waals surface area contributed by atoms with E-state index in [1.54, 1.807) is 41.3 Å². The Morgan fingerprint density at radius 1 is 1.15 bits per heavy atom. The van der Waals surface area contributed by atoms with Crippen LogP contribution in [0.5, 0.6) is 0 Å². The molecule has 1 aromatic heterocycles. The highest BCUT2D eigenvalue weighted by Gasteiger charge is 2.39. The minimum atomic E-state index is -0.524. The van der Waals surface area contributed by atoms with Crippen LogP contribution >= 0.6 is 11.6 Å². The fraction of sp³-hybridized carbons (Fsp3) is 0.280. The summed E-state index contributed by atoms with van der Waals surface area (Å²) < 4.78 is 10.4. The second-order valence-corrected chi connectivity index (χ2v) is 8.80. The summed E-state index contributed by atoms with van der Waals surface area (Å²) >= 11 is 5.98. The van der Waals surface area contributed by atoms with Gasteiger partial charge in [0.25, 0.3) is 0 Å². The molecule has 2 aliphatic rings. The molecule has 3 heterocycles. The fourth-order valence-corrected chi connectivity index (χ4v) is 4.73. The number of carbonyl (C=O) groups excluding carboxylic acids is 3. The predicted octanol–water partition coefficient (Wildman–Crippen LogP) is 3.72. The summed E-state index contributed by atoms with van der Waals surface area (Å²) in [5.41, 5.74) is 3.36. The number of para-hydroxylation sites is 1. The van der Waals surface area contributed by atoms with Gasteiger partial charge in [-0.05, 0) is 42.8 Å². The molecule has 1 fully saturated rings. The van der Waals surface area contributed by atoms with E-state index in [0.717, 1.165) is 16.8 Å². The number of amides is 2. The van der Waals surface area contributed by atoms with Crippen LogP contribution in [0.25, 0.3) is 11.3 Å². The molecule has 0 N–H and O–H groups in total. The summed E-state index contributed by atoms with van der Waals surface area (Å²) in [5.74, 6) is -0.626. The third-order valence-corrected chi connectivity index (χ3v) is 6.59. The van der Waals surface area contributed by atoms with Crippen molar-refractivity contribution in [2.45, 2.75) is 19.4 Å². The average molecular weight is 480 g/mol. The van der Waals surface area contributed by atoms with Crippen LogP contribution in [0.1, 0.15) is 28.0 Å². The number of hydrogen-bond acceptors (Lipinski definition) is 6. The number of fused-ring (bicyclic) bond motifs is 1. The first kappa shape index (κ1) is 22.2. The molecule has 34 heavy (non-hydrogen) atoms. The van der Waals surface area contributed by atoms with Crippen molar-refractivity contribution < 1.29 is 23.6 Å². The monoisotopic (exact) mass is 479 g/mol. The third-order valence-electron chi connectivity index (χ3n) is 6.33. The standard InChI is InChI=1S/C25H22ClN3O5/c1-33-25(32)19-4-2-3-5-21(19)29-13-16(12-22(29)30)24(31)28-11-10-18-20(14-28)27-34-23(18)15-6-8-17(26)9-7-15/h2-9,16H,10-14H2,1H3. The molecule has 0 aliphatic carbocycles. The Kier molecular flexibility index (Phi) is 5.83. The molecule has 1 atom stereocenters. The Morgan fingerprint density at radius 3 is 2.68 bits per heavy atom. The number of aromatic nitrogens is 1. The van der Waals surface area contributed by atoms with E-state index in [9.17, 15) is 14.4 Å². The van der Waals surface area contributed by atoms with Gasteiger partial charge in [0.05, 0.1) is 30.8 Å². The topological polar surface area (TPSA) is 92.9 Å². The summed E-state index contributed by atoms with van der Waals surface area (Å²) in [7, 11) is 1.30. The highest BCUT2D eigenvalue weighted by Crippen LogP contribution is 2.33. The number of halogens is 1. The van der Waals surface area contributed by atoms with Crippen LogP contribution in [0.2, 0.25) is 5.02 Å². The van der Waals surface area contributed by atoms with Crippen molar-refractivity contribution in [3.05, 3.63) is 70.4 Å². The van der Waals surface area contributed by atoms with Crippen LogP contribution in [0.4, 0.5) is 5.69 Å². The molecule has 2 aromatic carbocycles. The van der Waals surface area contributed by atoms with Gasteiger partial charge in [-0.25, -0.2) is 4.79 Å². The van der Waals surface area contributed by atoms with Gasteiger partial charge in [-0.3, -0.25) is 9.59 Å². The van der Waals surface area contributed by atoms with Crippen LogP contribution in [0.3, 0.4) is 0 Å². The van der Waals surface area contributed by atoms with Crippen LogP contribution in [-0.2, 0) is 27.3 Å². The number of hydrogen-bond donors (Lipinski definition) is 0. The number of esters is 1. The molecular formula is C25H22ClN3O5. The molecule has 2 aliphatic heterocycles. The van der Waals surface area contributed by atoms with Gasteiger partial charge in [0, 0.05) is 35.7 Å². The maximum atomic E-state index is 13.3. The zero-order valence-electron chi connectivity index (χ0n) is 18.5. The molecule has 0 radical (unpaired) electrons. The number of ether oxygens (including phenoxy) is 1. The number of methoxy groups -OCH3 is 1. The van der Waals surface area contributed by atoms with Crippen molar-refractivity contribution >= 4 is 35.1 Å². The smallest absolute Gasteiger partial charge is 0.339 e. The lowest BCUT2D eigenvalue weighted by molar-refractivity contribution is -0.136. The maximum Gasteiger partial charge on any atom is 0.339 e. The van der Waals surface area contributed by atoms with Crippen molar-refractivity contribution in [2.24, 2.45) is 5.92 Å². The van der Waals surface area contributed by atoms with Gasteiger partial charge in [-0.2, -0.15) is 0 Å². The van der Waals surface area contributed by atoms with Crippen molar-refractivity contribution in [2.75, 3.05) is 25.1 Å². The first-order valence-electron chi connectivity index (χ1n) is 11.0. The molecule has 0 bridgehead atoms. The number of carbonyl (C=O) groups is 3. The Hall–Kier alpha value is -3.65. The number of benzene rings is 2. The normalized spacial score (nSPS) is 17.6. The number of anilines is 1. The Morgan fingerprint density at radius 2 is 1.91 bits per heavy atom. The highest BCUT2D eigenvalue weighted by atomic mass is 35.5. The molecule has 8 nitrogen and oxygen atoms in total. The zero-order valence-corrected chi connectivity index (χ0v) is 19.2. The van der Waals surface area contributed by atoms with Crippen LogP contribution in [0.15, 0.2) is 53.1 Å². The zero-order chi connectivity index (χ0) is 23.8. The van der Waals surface area contributed by atoms with E-state index < -0.39 is 11.9 Å². The van der Waals surface area contributed by atoms with E-state index in [0.29, 0.717) is 41.5 Å². The van der Waals surface area contributed by atoms with Gasteiger partial charge >= 0.3 is 5.97 Å². The van der Waals surface area contributed by atoms with E-state index >= 15 is 0 Å². The quantitative estimate of drug-likeness (QED) is 0.529. The van der Waals surface area contributed by atoms with Crippen LogP contribution in [0, 0.1) is 5.92 Å². The minimum Gasteiger partial charge on any atom is -0.465 e. The van der Waals surface area contributed by atoms with Crippen molar-refractivity contribution in [1.29, 1.82) is 0 Å². The molecule has 2 amide bonds. The molecule has 0 saturated carbocycles. The molecule has 1 unspecified atom stereocenters. The molecule has 9 heteroatoms. The third kappa shape index (κ3) is 3.94. The first-order valence-corrected chi connectivity index (χ1v) is 11.3. The van der Waals surface area contributed by atoms with Gasteiger partial charge in [-0.1, -0.05) is 28.9 Å². The summed E-state index contributed by atoms with van der Waals surface area (Å²) in [4.78, 5) is 41.5. The maximum absolute atomic E-state index is 13.3. The fourth-order valence-electron chi connectivity index (χ4n) is 4.60. The summed E-state index contributed by atoms with van der Waals surface area (Å²) in [6.45, 7) is 1.05. The van der Waals surface area contributed by atoms with Crippen LogP contribution in [-0.4, -0.2) is 48.0 Å². The summed E-state index contributed by atoms with van der Waals surface area (Å²) in [6, 6.07) is 14.1. The highest BCUT2D eigenvalue weighted by molar-refractivity contribution is 6.30. The van der Waals surface area contributed by atoms with Gasteiger partial charge in [0.1, 0.15) is 5.69 Å². The Bertz CT molecular complexity index is 1270. The summed E-state index contributed by atoms with van der Waals surface area (Å²) in [6.07, 6.45) is 0.699. The molecule has 3 aromatic rings. The largest absolute Gasteiger partial charge is 0.465 e. The number of nitrogens with zero attached hydrogens (tertiary/aromatic N) is 3. The lowest BCUT2D eigenvalue weighted by atomic mass is 9.99. The second-order valence-electron chi connectivity index (χ2n) is 8.37. The molecule has 0 spiro atoms. The molecule has 5 rings (SSSR count). The second kappa shape index (κ2) is 8.95. The summed E-state index contributed by atoms with van der Waals surface area (Å²) in [5, 5.41) is 4.84. The number of rotatable bonds is 4. The predicted molar refractivity (Wildman–Crippen MR) is 124 cm³/mol. The molecule has 1 saturated heterocycles. The minimum absolute atomic E-state index is 0.0898. The van der Waals surface area contributed by atoms with Gasteiger partial charge < -0.3 is 19.1 Å². The molecule has 174 valence electrons. The lowest BCUT2D eigenvalue weighted by Crippen LogP contribution is -2.40. The van der Waals surface area contributed by atoms with E-state index in [4.69, 9.17) is 20.9 Å². The van der Waals surface area contributed by atoms with E-state index in [1.807, 2.05) is 12.1 Å². The van der Waals surface area contributed by atoms with Crippen molar-refractivity contribution in [3.8, 4) is 11.3 Å². The van der Waals surface area contributed by atoms with Gasteiger partial charge in [-0.15, -0.1) is 0 Å². The van der Waals surface area contributed by atoms with E-state index in [1.165, 1.54) is 12.0 Å². The average Bonchev–Trinajstić information content (AvgIpc) is 3.46.